The Kier molecular flexibility index (Phi) is 5.16. The Labute approximate surface area is 153 Å². The highest BCUT2D eigenvalue weighted by Gasteiger charge is 2.32. The standard InChI is InChI=1S/C19H24ClN3O2/c1-12-4-6-15(7-5-12)10-23-18(20)17(13(2)21-23)19(25)22-9-8-16(11-22)14(3)24/h4-7,14,16,24H,8-11H2,1-3H3. The third-order valence-corrected chi connectivity index (χ3v) is 5.31. The van der Waals surface area contributed by atoms with Crippen molar-refractivity contribution in [1.82, 2.24) is 14.7 Å². The van der Waals surface area contributed by atoms with Crippen molar-refractivity contribution < 1.29 is 9.90 Å². The minimum atomic E-state index is -0.404. The Morgan fingerprint density at radius 2 is 2.04 bits per heavy atom. The molecule has 2 atom stereocenters. The second kappa shape index (κ2) is 7.18. The number of carbonyl (C=O) groups is 1. The maximum Gasteiger partial charge on any atom is 0.258 e. The lowest BCUT2D eigenvalue weighted by atomic mass is 10.0. The third-order valence-electron chi connectivity index (χ3n) is 4.93. The molecule has 2 unspecified atom stereocenters. The molecule has 134 valence electrons. The van der Waals surface area contributed by atoms with Gasteiger partial charge in [0.15, 0.2) is 0 Å². The zero-order valence-corrected chi connectivity index (χ0v) is 15.6. The molecule has 25 heavy (non-hydrogen) atoms. The first-order valence-electron chi connectivity index (χ1n) is 8.62. The smallest absolute Gasteiger partial charge is 0.258 e. The summed E-state index contributed by atoms with van der Waals surface area (Å²) in [6.45, 7) is 7.37. The van der Waals surface area contributed by atoms with Gasteiger partial charge < -0.3 is 10.0 Å². The number of aliphatic hydroxyl groups excluding tert-OH is 1. The Hall–Kier alpha value is -1.85. The molecule has 0 bridgehead atoms. The van der Waals surface area contributed by atoms with E-state index in [0.717, 1.165) is 12.0 Å². The quantitative estimate of drug-likeness (QED) is 0.910. The van der Waals surface area contributed by atoms with Gasteiger partial charge in [-0.1, -0.05) is 41.4 Å². The molecule has 1 aliphatic heterocycles. The number of hydrogen-bond acceptors (Lipinski definition) is 3. The number of aromatic nitrogens is 2. The van der Waals surface area contributed by atoms with Gasteiger partial charge in [0, 0.05) is 19.0 Å². The van der Waals surface area contributed by atoms with Crippen LogP contribution in [0.4, 0.5) is 0 Å². The highest BCUT2D eigenvalue weighted by atomic mass is 35.5. The number of rotatable bonds is 4. The first kappa shape index (κ1) is 18.0. The Balaban J connectivity index is 1.80. The Morgan fingerprint density at radius 3 is 2.64 bits per heavy atom. The molecule has 1 aromatic heterocycles. The van der Waals surface area contributed by atoms with Gasteiger partial charge in [-0.25, -0.2) is 4.68 Å². The Bertz CT molecular complexity index is 768. The second-order valence-electron chi connectivity index (χ2n) is 6.93. The van der Waals surface area contributed by atoms with Crippen LogP contribution in [0.5, 0.6) is 0 Å². The van der Waals surface area contributed by atoms with Crippen LogP contribution in [0.2, 0.25) is 5.15 Å². The van der Waals surface area contributed by atoms with Gasteiger partial charge >= 0.3 is 0 Å². The number of aliphatic hydroxyl groups is 1. The van der Waals surface area contributed by atoms with Gasteiger partial charge in [-0.3, -0.25) is 4.79 Å². The summed E-state index contributed by atoms with van der Waals surface area (Å²) in [5.41, 5.74) is 3.40. The second-order valence-corrected chi connectivity index (χ2v) is 7.29. The van der Waals surface area contributed by atoms with Crippen LogP contribution in [0, 0.1) is 19.8 Å². The predicted octanol–water partition coefficient (Wildman–Crippen LogP) is 3.04. The molecule has 2 aromatic rings. The van der Waals surface area contributed by atoms with Crippen molar-refractivity contribution in [3.63, 3.8) is 0 Å². The fourth-order valence-corrected chi connectivity index (χ4v) is 3.61. The van der Waals surface area contributed by atoms with Crippen LogP contribution in [0.15, 0.2) is 24.3 Å². The van der Waals surface area contributed by atoms with Crippen LogP contribution in [0.1, 0.15) is 40.5 Å². The monoisotopic (exact) mass is 361 g/mol. The number of nitrogens with zero attached hydrogens (tertiary/aromatic N) is 3. The van der Waals surface area contributed by atoms with Crippen LogP contribution >= 0.6 is 11.6 Å². The number of aryl methyl sites for hydroxylation is 2. The van der Waals surface area contributed by atoms with E-state index in [2.05, 4.69) is 5.10 Å². The Morgan fingerprint density at radius 1 is 1.36 bits per heavy atom. The number of likely N-dealkylation sites (tertiary alicyclic amines) is 1. The normalized spacial score (nSPS) is 18.6. The minimum Gasteiger partial charge on any atom is -0.393 e. The first-order chi connectivity index (χ1) is 11.9. The average molecular weight is 362 g/mol. The summed E-state index contributed by atoms with van der Waals surface area (Å²) in [4.78, 5) is 14.6. The van der Waals surface area contributed by atoms with Gasteiger partial charge in [-0.15, -0.1) is 0 Å². The molecular weight excluding hydrogens is 338 g/mol. The molecule has 5 nitrogen and oxygen atoms in total. The van der Waals surface area contributed by atoms with Gasteiger partial charge in [0.2, 0.25) is 0 Å². The van der Waals surface area contributed by atoms with Crippen molar-refractivity contribution in [3.8, 4) is 0 Å². The molecule has 1 saturated heterocycles. The topological polar surface area (TPSA) is 58.4 Å². The van der Waals surface area contributed by atoms with Crippen molar-refractivity contribution >= 4 is 17.5 Å². The van der Waals surface area contributed by atoms with E-state index < -0.39 is 6.10 Å². The number of amides is 1. The molecule has 3 rings (SSSR count). The molecule has 0 aliphatic carbocycles. The largest absolute Gasteiger partial charge is 0.393 e. The molecule has 0 saturated carbocycles. The van der Waals surface area contributed by atoms with Crippen LogP contribution in [-0.2, 0) is 6.54 Å². The highest BCUT2D eigenvalue weighted by Crippen LogP contribution is 2.27. The van der Waals surface area contributed by atoms with Crippen molar-refractivity contribution in [2.24, 2.45) is 5.92 Å². The fourth-order valence-electron chi connectivity index (χ4n) is 3.29. The summed E-state index contributed by atoms with van der Waals surface area (Å²) in [7, 11) is 0. The summed E-state index contributed by atoms with van der Waals surface area (Å²) < 4.78 is 1.68. The molecule has 1 aliphatic rings. The fraction of sp³-hybridized carbons (Fsp3) is 0.474. The molecule has 1 N–H and O–H groups in total. The van der Waals surface area contributed by atoms with Crippen molar-refractivity contribution in [3.05, 3.63) is 51.8 Å². The SMILES string of the molecule is Cc1ccc(Cn2nc(C)c(C(=O)N3CCC(C(C)O)C3)c2Cl)cc1. The van der Waals surface area contributed by atoms with E-state index >= 15 is 0 Å². The first-order valence-corrected chi connectivity index (χ1v) is 9.00. The number of benzene rings is 1. The highest BCUT2D eigenvalue weighted by molar-refractivity contribution is 6.33. The number of halogens is 1. The van der Waals surface area contributed by atoms with E-state index in [0.29, 0.717) is 36.0 Å². The molecule has 1 aromatic carbocycles. The summed E-state index contributed by atoms with van der Waals surface area (Å²) >= 11 is 6.49. The molecule has 1 amide bonds. The van der Waals surface area contributed by atoms with Crippen LogP contribution in [0.25, 0.3) is 0 Å². The van der Waals surface area contributed by atoms with E-state index in [1.165, 1.54) is 5.56 Å². The van der Waals surface area contributed by atoms with Crippen molar-refractivity contribution in [2.45, 2.75) is 39.8 Å². The van der Waals surface area contributed by atoms with E-state index in [4.69, 9.17) is 11.6 Å². The van der Waals surface area contributed by atoms with E-state index in [1.54, 1.807) is 16.5 Å². The van der Waals surface area contributed by atoms with Gasteiger partial charge in [-0.2, -0.15) is 5.10 Å². The van der Waals surface area contributed by atoms with Gasteiger partial charge in [0.25, 0.3) is 5.91 Å². The van der Waals surface area contributed by atoms with Gasteiger partial charge in [-0.05, 0) is 32.8 Å². The summed E-state index contributed by atoms with van der Waals surface area (Å²) in [5, 5.41) is 14.6. The molecule has 6 heteroatoms. The zero-order chi connectivity index (χ0) is 18.1. The summed E-state index contributed by atoms with van der Waals surface area (Å²) in [6, 6.07) is 8.17. The molecule has 2 heterocycles. The maximum absolute atomic E-state index is 12.9. The molecule has 0 radical (unpaired) electrons. The van der Waals surface area contributed by atoms with E-state index in [9.17, 15) is 9.90 Å². The predicted molar refractivity (Wildman–Crippen MR) is 97.9 cm³/mol. The number of carbonyl (C=O) groups excluding carboxylic acids is 1. The zero-order valence-electron chi connectivity index (χ0n) is 14.9. The average Bonchev–Trinajstić information content (AvgIpc) is 3.15. The molecule has 0 spiro atoms. The van der Waals surface area contributed by atoms with E-state index in [-0.39, 0.29) is 11.8 Å². The summed E-state index contributed by atoms with van der Waals surface area (Å²) in [5.74, 6) is 0.0337. The lowest BCUT2D eigenvalue weighted by molar-refractivity contribution is 0.0762. The van der Waals surface area contributed by atoms with Crippen LogP contribution in [0.3, 0.4) is 0 Å². The van der Waals surface area contributed by atoms with Crippen molar-refractivity contribution in [1.29, 1.82) is 0 Å². The summed E-state index contributed by atoms with van der Waals surface area (Å²) in [6.07, 6.45) is 0.413. The van der Waals surface area contributed by atoms with Gasteiger partial charge in [0.05, 0.1) is 23.9 Å². The van der Waals surface area contributed by atoms with Crippen molar-refractivity contribution in [2.75, 3.05) is 13.1 Å². The van der Waals surface area contributed by atoms with Crippen LogP contribution in [-0.4, -0.2) is 44.9 Å². The van der Waals surface area contributed by atoms with E-state index in [1.807, 2.05) is 38.1 Å². The lowest BCUT2D eigenvalue weighted by Crippen LogP contribution is -2.30. The number of hydrogen-bond donors (Lipinski definition) is 1. The maximum atomic E-state index is 12.9. The van der Waals surface area contributed by atoms with Gasteiger partial charge in [0.1, 0.15) is 5.15 Å². The third kappa shape index (κ3) is 3.72. The molecular formula is C19H24ClN3O2. The molecule has 1 fully saturated rings. The minimum absolute atomic E-state index is 0.0965. The van der Waals surface area contributed by atoms with Crippen LogP contribution < -0.4 is 0 Å². The lowest BCUT2D eigenvalue weighted by Gasteiger charge is -2.17.